The number of ether oxygens (including phenoxy) is 1. The maximum Gasteiger partial charge on any atom is 0.304 e. The molecule has 1 aromatic carbocycles. The normalized spacial score (nSPS) is 16.4. The molecule has 98 valence electrons. The number of aromatic hydroxyl groups is 1. The van der Waals surface area contributed by atoms with E-state index >= 15 is 0 Å². The fourth-order valence-electron chi connectivity index (χ4n) is 2.63. The number of carbonyl (C=O) groups is 1. The van der Waals surface area contributed by atoms with Crippen molar-refractivity contribution in [2.45, 2.75) is 38.5 Å². The molecule has 0 amide bonds. The fourth-order valence-corrected chi connectivity index (χ4v) is 2.63. The highest BCUT2D eigenvalue weighted by molar-refractivity contribution is 5.72. The first kappa shape index (κ1) is 12.7. The number of hydrogen-bond acceptors (Lipinski definition) is 3. The molecule has 2 N–H and O–H groups in total. The van der Waals surface area contributed by atoms with Gasteiger partial charge in [-0.15, -0.1) is 0 Å². The molecule has 0 radical (unpaired) electrons. The Morgan fingerprint density at radius 1 is 1.44 bits per heavy atom. The number of carboxylic acid groups (broad SMARTS) is 1. The monoisotopic (exact) mass is 250 g/mol. The van der Waals surface area contributed by atoms with Crippen LogP contribution in [0.15, 0.2) is 6.07 Å². The number of phenolic OH excluding ortho intramolecular Hbond substituents is 1. The van der Waals surface area contributed by atoms with Gasteiger partial charge in [0.25, 0.3) is 0 Å². The lowest BCUT2D eigenvalue weighted by Crippen LogP contribution is -2.15. The molecule has 4 heteroatoms. The van der Waals surface area contributed by atoms with E-state index in [1.807, 2.05) is 13.8 Å². The van der Waals surface area contributed by atoms with Crippen molar-refractivity contribution in [3.05, 3.63) is 22.8 Å². The van der Waals surface area contributed by atoms with Crippen molar-refractivity contribution in [2.75, 3.05) is 7.11 Å². The maximum atomic E-state index is 11.0. The second kappa shape index (κ2) is 4.19. The Morgan fingerprint density at radius 2 is 2.06 bits per heavy atom. The van der Waals surface area contributed by atoms with Crippen LogP contribution in [0.3, 0.4) is 0 Å². The van der Waals surface area contributed by atoms with Crippen LogP contribution in [0.2, 0.25) is 0 Å². The smallest absolute Gasteiger partial charge is 0.304 e. The van der Waals surface area contributed by atoms with Crippen LogP contribution < -0.4 is 4.74 Å². The Balaban J connectivity index is 2.56. The van der Waals surface area contributed by atoms with E-state index in [1.54, 1.807) is 6.07 Å². The molecule has 0 aliphatic heterocycles. The molecule has 0 unspecified atom stereocenters. The zero-order chi connectivity index (χ0) is 13.5. The van der Waals surface area contributed by atoms with Gasteiger partial charge in [0.2, 0.25) is 0 Å². The van der Waals surface area contributed by atoms with Crippen LogP contribution in [0.25, 0.3) is 0 Å². The molecule has 0 spiro atoms. The van der Waals surface area contributed by atoms with Gasteiger partial charge >= 0.3 is 5.97 Å². The van der Waals surface area contributed by atoms with Crippen LogP contribution in [0.5, 0.6) is 11.5 Å². The summed E-state index contributed by atoms with van der Waals surface area (Å²) in [5.41, 5.74) is 2.32. The molecular weight excluding hydrogens is 232 g/mol. The number of rotatable bonds is 4. The fraction of sp³-hybridized carbons (Fsp3) is 0.500. The van der Waals surface area contributed by atoms with E-state index in [-0.39, 0.29) is 12.2 Å². The van der Waals surface area contributed by atoms with Gasteiger partial charge in [-0.05, 0) is 43.9 Å². The summed E-state index contributed by atoms with van der Waals surface area (Å²) in [6.45, 7) is 3.86. The number of methoxy groups -OCH3 is 1. The third kappa shape index (κ3) is 1.92. The van der Waals surface area contributed by atoms with Crippen molar-refractivity contribution in [1.29, 1.82) is 0 Å². The van der Waals surface area contributed by atoms with Crippen LogP contribution in [0.1, 0.15) is 36.0 Å². The van der Waals surface area contributed by atoms with E-state index in [0.29, 0.717) is 5.75 Å². The predicted octanol–water partition coefficient (Wildman–Crippen LogP) is 2.52. The summed E-state index contributed by atoms with van der Waals surface area (Å²) in [5, 5.41) is 19.3. The van der Waals surface area contributed by atoms with Crippen molar-refractivity contribution in [3.63, 3.8) is 0 Å². The van der Waals surface area contributed by atoms with Gasteiger partial charge in [-0.2, -0.15) is 0 Å². The van der Waals surface area contributed by atoms with Gasteiger partial charge < -0.3 is 14.9 Å². The molecule has 4 nitrogen and oxygen atoms in total. The molecule has 0 atom stereocenters. The van der Waals surface area contributed by atoms with Gasteiger partial charge in [-0.25, -0.2) is 0 Å². The summed E-state index contributed by atoms with van der Waals surface area (Å²) in [4.78, 5) is 11.0. The largest absolute Gasteiger partial charge is 0.504 e. The van der Waals surface area contributed by atoms with Crippen molar-refractivity contribution >= 4 is 5.97 Å². The van der Waals surface area contributed by atoms with E-state index < -0.39 is 11.4 Å². The number of hydrogen-bond donors (Lipinski definition) is 2. The molecule has 18 heavy (non-hydrogen) atoms. The summed E-state index contributed by atoms with van der Waals surface area (Å²) < 4.78 is 5.15. The molecule has 1 fully saturated rings. The SMILES string of the molecule is COc1cc(C)c(C)c(C2(CC(=O)O)CC2)c1O. The summed E-state index contributed by atoms with van der Waals surface area (Å²) in [6, 6.07) is 1.78. The second-order valence-electron chi connectivity index (χ2n) is 5.10. The molecule has 0 bridgehead atoms. The third-order valence-electron chi connectivity index (χ3n) is 3.88. The minimum Gasteiger partial charge on any atom is -0.504 e. The number of aliphatic carboxylic acids is 1. The van der Waals surface area contributed by atoms with E-state index in [0.717, 1.165) is 29.5 Å². The predicted molar refractivity (Wildman–Crippen MR) is 67.3 cm³/mol. The number of benzene rings is 1. The molecule has 1 aliphatic carbocycles. The summed E-state index contributed by atoms with van der Waals surface area (Å²) >= 11 is 0. The van der Waals surface area contributed by atoms with Crippen molar-refractivity contribution < 1.29 is 19.7 Å². The Hall–Kier alpha value is -1.71. The zero-order valence-electron chi connectivity index (χ0n) is 10.9. The minimum atomic E-state index is -0.827. The highest BCUT2D eigenvalue weighted by Gasteiger charge is 2.49. The van der Waals surface area contributed by atoms with Crippen LogP contribution >= 0.6 is 0 Å². The van der Waals surface area contributed by atoms with E-state index in [9.17, 15) is 9.90 Å². The van der Waals surface area contributed by atoms with Crippen LogP contribution in [0, 0.1) is 13.8 Å². The molecule has 0 aromatic heterocycles. The maximum absolute atomic E-state index is 11.0. The lowest BCUT2D eigenvalue weighted by atomic mass is 9.86. The summed E-state index contributed by atoms with van der Waals surface area (Å²) in [5.74, 6) is -0.309. The van der Waals surface area contributed by atoms with Crippen molar-refractivity contribution in [3.8, 4) is 11.5 Å². The molecule has 1 aromatic rings. The number of carboxylic acids is 1. The Kier molecular flexibility index (Phi) is 2.97. The third-order valence-corrected chi connectivity index (χ3v) is 3.88. The first-order chi connectivity index (χ1) is 8.41. The van der Waals surface area contributed by atoms with E-state index in [2.05, 4.69) is 0 Å². The molecule has 0 heterocycles. The quantitative estimate of drug-likeness (QED) is 0.861. The van der Waals surface area contributed by atoms with Gasteiger partial charge in [0, 0.05) is 11.0 Å². The first-order valence-electron chi connectivity index (χ1n) is 6.01. The van der Waals surface area contributed by atoms with Gasteiger partial charge in [0.1, 0.15) is 0 Å². The average molecular weight is 250 g/mol. The highest BCUT2D eigenvalue weighted by Crippen LogP contribution is 2.56. The average Bonchev–Trinajstić information content (AvgIpc) is 3.03. The van der Waals surface area contributed by atoms with E-state index in [4.69, 9.17) is 9.84 Å². The Morgan fingerprint density at radius 3 is 2.50 bits per heavy atom. The van der Waals surface area contributed by atoms with Gasteiger partial charge in [0.05, 0.1) is 13.5 Å². The van der Waals surface area contributed by atoms with Crippen molar-refractivity contribution in [2.24, 2.45) is 0 Å². The Bertz CT molecular complexity index is 501. The minimum absolute atomic E-state index is 0.0635. The van der Waals surface area contributed by atoms with Gasteiger partial charge in [-0.3, -0.25) is 4.79 Å². The van der Waals surface area contributed by atoms with Gasteiger partial charge in [-0.1, -0.05) is 0 Å². The van der Waals surface area contributed by atoms with Crippen LogP contribution in [0.4, 0.5) is 0 Å². The standard InChI is InChI=1S/C14H18O4/c1-8-6-10(18-3)13(17)12(9(8)2)14(4-5-14)7-11(15)16/h6,17H,4-5,7H2,1-3H3,(H,15,16). The summed E-state index contributed by atoms with van der Waals surface area (Å²) in [6.07, 6.45) is 1.68. The Labute approximate surface area is 106 Å². The molecule has 2 rings (SSSR count). The topological polar surface area (TPSA) is 66.8 Å². The second-order valence-corrected chi connectivity index (χ2v) is 5.10. The van der Waals surface area contributed by atoms with Crippen molar-refractivity contribution in [1.82, 2.24) is 0 Å². The van der Waals surface area contributed by atoms with Crippen LogP contribution in [-0.4, -0.2) is 23.3 Å². The highest BCUT2D eigenvalue weighted by atomic mass is 16.5. The first-order valence-corrected chi connectivity index (χ1v) is 6.01. The number of aryl methyl sites for hydroxylation is 1. The molecule has 1 aliphatic rings. The van der Waals surface area contributed by atoms with Crippen LogP contribution in [-0.2, 0) is 10.2 Å². The van der Waals surface area contributed by atoms with E-state index in [1.165, 1.54) is 7.11 Å². The lowest BCUT2D eigenvalue weighted by molar-refractivity contribution is -0.137. The lowest BCUT2D eigenvalue weighted by Gasteiger charge is -2.21. The molecular formula is C14H18O4. The van der Waals surface area contributed by atoms with Gasteiger partial charge in [0.15, 0.2) is 11.5 Å². The zero-order valence-corrected chi connectivity index (χ0v) is 10.9. The number of phenols is 1. The molecule has 0 saturated heterocycles. The molecule has 1 saturated carbocycles. The summed E-state index contributed by atoms with van der Waals surface area (Å²) in [7, 11) is 1.50.